The predicted octanol–water partition coefficient (Wildman–Crippen LogP) is 2.64. The molecule has 0 radical (unpaired) electrons. The zero-order valence-corrected chi connectivity index (χ0v) is 19.4. The van der Waals surface area contributed by atoms with Gasteiger partial charge in [0.2, 0.25) is 0 Å². The maximum absolute atomic E-state index is 11.3. The third-order valence-corrected chi connectivity index (χ3v) is 5.34. The van der Waals surface area contributed by atoms with Gasteiger partial charge in [0, 0.05) is 6.42 Å². The molecule has 25 heavy (non-hydrogen) atoms. The summed E-state index contributed by atoms with van der Waals surface area (Å²) in [6.45, 7) is 2.24. The summed E-state index contributed by atoms with van der Waals surface area (Å²) in [4.78, 5) is 11.3. The average Bonchev–Trinajstić information content (AvgIpc) is 2.58. The second-order valence-electron chi connectivity index (χ2n) is 6.33. The fraction of sp³-hybridized carbons (Fsp3) is 0.842. The van der Waals surface area contributed by atoms with Crippen LogP contribution in [0.25, 0.3) is 0 Å². The van der Waals surface area contributed by atoms with Crippen LogP contribution in [0.4, 0.5) is 0 Å². The molecule has 0 saturated carbocycles. The van der Waals surface area contributed by atoms with E-state index in [4.69, 9.17) is 0 Å². The van der Waals surface area contributed by atoms with Crippen molar-refractivity contribution < 1.29 is 48.4 Å². The van der Waals surface area contributed by atoms with Crippen LogP contribution in [0.15, 0.2) is 12.2 Å². The zero-order valence-electron chi connectivity index (χ0n) is 17.6. The first-order valence-corrected chi connectivity index (χ1v) is 10.9. The van der Waals surface area contributed by atoms with E-state index in [1.165, 1.54) is 44.9 Å². The van der Waals surface area contributed by atoms with Crippen LogP contribution in [0.3, 0.4) is 0 Å². The van der Waals surface area contributed by atoms with Crippen molar-refractivity contribution in [2.24, 2.45) is 0 Å². The van der Waals surface area contributed by atoms with Gasteiger partial charge in [-0.05, 0) is 32.1 Å². The summed E-state index contributed by atoms with van der Waals surface area (Å²) in [5, 5.41) is -0.803. The molecule has 0 aliphatic heterocycles. The fourth-order valence-corrected chi connectivity index (χ4v) is 3.14. The van der Waals surface area contributed by atoms with Gasteiger partial charge in [0.1, 0.15) is 0 Å². The monoisotopic (exact) mass is 384 g/mol. The van der Waals surface area contributed by atoms with Crippen LogP contribution in [-0.4, -0.2) is 20.6 Å². The van der Waals surface area contributed by atoms with Crippen molar-refractivity contribution in [1.29, 1.82) is 0 Å². The number of carbonyl (C=O) groups is 1. The number of allylic oxidation sites excluding steroid dienone is 2. The quantitative estimate of drug-likeness (QED) is 0.178. The van der Waals surface area contributed by atoms with Crippen molar-refractivity contribution >= 4 is 15.2 Å². The molecule has 0 amide bonds. The van der Waals surface area contributed by atoms with E-state index in [9.17, 15) is 13.2 Å². The fourth-order valence-electron chi connectivity index (χ4n) is 2.56. The molecule has 0 aromatic heterocycles. The summed E-state index contributed by atoms with van der Waals surface area (Å²) < 4.78 is 26.4. The molecule has 6 heteroatoms. The Bertz CT molecular complexity index is 439. The van der Waals surface area contributed by atoms with Crippen molar-refractivity contribution in [3.63, 3.8) is 0 Å². The number of hydrogen-bond donors (Lipinski definition) is 0. The summed E-state index contributed by atoms with van der Waals surface area (Å²) in [6.07, 6.45) is 19.9. The number of carbonyl (C=O) groups excluding carboxylic acids is 1. The Labute approximate surface area is 179 Å². The number of rotatable bonds is 16. The van der Waals surface area contributed by atoms with E-state index in [0.29, 0.717) is 6.42 Å². The average molecular weight is 385 g/mol. The van der Waals surface area contributed by atoms with Crippen LogP contribution in [-0.2, 0) is 19.1 Å². The predicted molar refractivity (Wildman–Crippen MR) is 101 cm³/mol. The smallest absolute Gasteiger partial charge is 1.00 e. The summed E-state index contributed by atoms with van der Waals surface area (Å²) in [5.41, 5.74) is 0. The Hall–Kier alpha value is 0.320. The van der Waals surface area contributed by atoms with Gasteiger partial charge in [-0.3, -0.25) is 8.98 Å². The van der Waals surface area contributed by atoms with E-state index in [-0.39, 0.29) is 37.4 Å². The van der Waals surface area contributed by atoms with E-state index in [1.807, 2.05) is 0 Å². The molecule has 144 valence electrons. The Balaban J connectivity index is -0.00000264. The van der Waals surface area contributed by atoms with E-state index < -0.39 is 15.2 Å². The van der Waals surface area contributed by atoms with Gasteiger partial charge in [-0.15, -0.1) is 0 Å². The largest absolute Gasteiger partial charge is 1.00 e. The van der Waals surface area contributed by atoms with Crippen molar-refractivity contribution in [2.75, 3.05) is 7.11 Å². The van der Waals surface area contributed by atoms with Gasteiger partial charge >= 0.3 is 39.7 Å². The van der Waals surface area contributed by atoms with Crippen molar-refractivity contribution in [3.05, 3.63) is 12.2 Å². The Kier molecular flexibility index (Phi) is 21.0. The second kappa shape index (κ2) is 19.1. The summed E-state index contributed by atoms with van der Waals surface area (Å²) in [7, 11) is -2.94. The molecule has 0 N–H and O–H groups in total. The maximum Gasteiger partial charge on any atom is 1.00 e. The molecule has 0 unspecified atom stereocenters. The molecule has 0 rings (SSSR count). The molecule has 0 aromatic rings. The van der Waals surface area contributed by atoms with E-state index >= 15 is 0 Å². The Morgan fingerprint density at radius 2 is 1.28 bits per heavy atom. The molecular weight excluding hydrogens is 347 g/mol. The zero-order chi connectivity index (χ0) is 18.1. The minimum absolute atomic E-state index is 0. The van der Waals surface area contributed by atoms with Crippen molar-refractivity contribution in [2.45, 2.75) is 96.8 Å². The molecule has 0 bridgehead atoms. The standard InChI is InChI=1S/C19H36O4S.Na.H/c1-3-4-5-6-7-8-9-10-11-12-13-14-15-16-17-18-19(20)24(21,22)23-2;;/h10-11H,3-9,12-18H2,1-2H3;;/q;+1;-1/b11-10-;;. The maximum atomic E-state index is 11.3. The number of hydrogen-bond acceptors (Lipinski definition) is 4. The Morgan fingerprint density at radius 1 is 0.840 bits per heavy atom. The van der Waals surface area contributed by atoms with Gasteiger partial charge in [-0.2, -0.15) is 8.42 Å². The van der Waals surface area contributed by atoms with Crippen LogP contribution in [0.1, 0.15) is 98.2 Å². The SMILES string of the molecule is CCCCCCCC/C=C\CCCCCCCC(=O)S(=O)(=O)OC.[H-].[Na+]. The molecule has 0 atom stereocenters. The molecule has 0 aliphatic carbocycles. The minimum Gasteiger partial charge on any atom is -1.00 e. The molecule has 0 aromatic carbocycles. The minimum atomic E-state index is -3.97. The second-order valence-corrected chi connectivity index (χ2v) is 8.02. The first-order chi connectivity index (χ1) is 11.5. The van der Waals surface area contributed by atoms with Gasteiger partial charge < -0.3 is 1.43 Å². The molecule has 0 aliphatic rings. The van der Waals surface area contributed by atoms with Crippen LogP contribution < -0.4 is 29.6 Å². The van der Waals surface area contributed by atoms with Crippen LogP contribution >= 0.6 is 0 Å². The molecule has 0 heterocycles. The Morgan fingerprint density at radius 3 is 1.76 bits per heavy atom. The topological polar surface area (TPSA) is 60.4 Å². The van der Waals surface area contributed by atoms with Crippen molar-refractivity contribution in [3.8, 4) is 0 Å². The first kappa shape index (κ1) is 27.5. The third kappa shape index (κ3) is 17.5. The van der Waals surface area contributed by atoms with Crippen LogP contribution in [0.5, 0.6) is 0 Å². The van der Waals surface area contributed by atoms with Gasteiger partial charge in [0.05, 0.1) is 7.11 Å². The van der Waals surface area contributed by atoms with Crippen LogP contribution in [0, 0.1) is 0 Å². The van der Waals surface area contributed by atoms with E-state index in [0.717, 1.165) is 39.2 Å². The van der Waals surface area contributed by atoms with E-state index in [2.05, 4.69) is 23.3 Å². The summed E-state index contributed by atoms with van der Waals surface area (Å²) >= 11 is 0. The third-order valence-electron chi connectivity index (χ3n) is 4.14. The summed E-state index contributed by atoms with van der Waals surface area (Å²) in [6, 6.07) is 0. The van der Waals surface area contributed by atoms with Gasteiger partial charge in [0.25, 0.3) is 5.12 Å². The normalized spacial score (nSPS) is 11.6. The van der Waals surface area contributed by atoms with Gasteiger partial charge in [-0.1, -0.05) is 70.4 Å². The van der Waals surface area contributed by atoms with Gasteiger partial charge in [0.15, 0.2) is 0 Å². The van der Waals surface area contributed by atoms with Crippen molar-refractivity contribution in [1.82, 2.24) is 0 Å². The van der Waals surface area contributed by atoms with E-state index in [1.54, 1.807) is 0 Å². The molecule has 4 nitrogen and oxygen atoms in total. The van der Waals surface area contributed by atoms with Gasteiger partial charge in [-0.25, -0.2) is 0 Å². The van der Waals surface area contributed by atoms with Crippen LogP contribution in [0.2, 0.25) is 0 Å². The summed E-state index contributed by atoms with van der Waals surface area (Å²) in [5.74, 6) is 0. The molecule has 0 fully saturated rings. The first-order valence-electron chi connectivity index (χ1n) is 9.53. The molecular formula is C19H37NaO4S. The molecule has 0 spiro atoms. The number of unbranched alkanes of at least 4 members (excludes halogenated alkanes) is 11. The molecule has 0 saturated heterocycles.